The molecule has 0 aromatic heterocycles. The number of anilines is 1. The molecule has 0 saturated heterocycles. The second-order valence-corrected chi connectivity index (χ2v) is 6.10. The van der Waals surface area contributed by atoms with Gasteiger partial charge < -0.3 is 15.4 Å². The number of rotatable bonds is 7. The van der Waals surface area contributed by atoms with E-state index < -0.39 is 4.92 Å². The van der Waals surface area contributed by atoms with Gasteiger partial charge in [-0.05, 0) is 49.5 Å². The Hall–Kier alpha value is -2.41. The average Bonchev–Trinajstić information content (AvgIpc) is 2.60. The van der Waals surface area contributed by atoms with Crippen molar-refractivity contribution in [1.82, 2.24) is 4.90 Å². The van der Waals surface area contributed by atoms with Crippen molar-refractivity contribution in [1.29, 1.82) is 0 Å². The smallest absolute Gasteiger partial charge is 0.292 e. The van der Waals surface area contributed by atoms with Crippen LogP contribution in [0.3, 0.4) is 0 Å². The van der Waals surface area contributed by atoms with Crippen molar-refractivity contribution in [3.63, 3.8) is 0 Å². The van der Waals surface area contributed by atoms with Gasteiger partial charge in [-0.1, -0.05) is 6.08 Å². The summed E-state index contributed by atoms with van der Waals surface area (Å²) >= 11 is 0. The van der Waals surface area contributed by atoms with Crippen LogP contribution in [0.2, 0.25) is 0 Å². The molecule has 2 N–H and O–H groups in total. The quantitative estimate of drug-likeness (QED) is 0.354. The number of nitro groups is 1. The van der Waals surface area contributed by atoms with Crippen molar-refractivity contribution in [2.75, 3.05) is 32.0 Å². The molecule has 7 heteroatoms. The highest BCUT2D eigenvalue weighted by Crippen LogP contribution is 2.32. The van der Waals surface area contributed by atoms with E-state index in [-0.39, 0.29) is 17.3 Å². The van der Waals surface area contributed by atoms with E-state index in [1.165, 1.54) is 6.07 Å². The Kier molecular flexibility index (Phi) is 6.52. The zero-order valence-electron chi connectivity index (χ0n) is 14.8. The Balaban J connectivity index is 2.03. The lowest BCUT2D eigenvalue weighted by Gasteiger charge is -2.27. The Morgan fingerprint density at radius 2 is 2.20 bits per heavy atom. The fourth-order valence-corrected chi connectivity index (χ4v) is 2.90. The molecule has 0 spiro atoms. The Bertz CT molecular complexity index is 685. The van der Waals surface area contributed by atoms with Gasteiger partial charge in [-0.25, -0.2) is 0 Å². The monoisotopic (exact) mass is 347 g/mol. The van der Waals surface area contributed by atoms with Gasteiger partial charge in [0.1, 0.15) is 5.69 Å². The molecule has 0 fully saturated rings. The summed E-state index contributed by atoms with van der Waals surface area (Å²) in [6, 6.07) is 3.39. The minimum Gasteiger partial charge on any atom is -0.393 e. The lowest BCUT2D eigenvalue weighted by Crippen LogP contribution is -2.34. The minimum atomic E-state index is -0.455. The summed E-state index contributed by atoms with van der Waals surface area (Å²) < 4.78 is 5.25. The van der Waals surface area contributed by atoms with Gasteiger partial charge in [0.05, 0.1) is 4.92 Å². The highest BCUT2D eigenvalue weighted by atomic mass is 16.6. The highest BCUT2D eigenvalue weighted by molar-refractivity contribution is 5.79. The van der Waals surface area contributed by atoms with E-state index in [1.54, 1.807) is 6.92 Å². The summed E-state index contributed by atoms with van der Waals surface area (Å²) in [7, 11) is 0. The number of nitrogens with zero attached hydrogens (tertiary/aromatic N) is 2. The molecule has 0 aliphatic carbocycles. The third-order valence-electron chi connectivity index (χ3n) is 4.38. The van der Waals surface area contributed by atoms with Crippen LogP contribution in [0.4, 0.5) is 11.4 Å². The maximum Gasteiger partial charge on any atom is 0.292 e. The molecule has 1 aromatic carbocycles. The van der Waals surface area contributed by atoms with Crippen LogP contribution in [0.5, 0.6) is 0 Å². The molecular formula is C18H25N3O4. The van der Waals surface area contributed by atoms with Crippen molar-refractivity contribution in [2.45, 2.75) is 33.1 Å². The molecule has 1 heterocycles. The summed E-state index contributed by atoms with van der Waals surface area (Å²) in [5, 5.41) is 11.1. The largest absolute Gasteiger partial charge is 0.393 e. The second-order valence-electron chi connectivity index (χ2n) is 6.10. The molecule has 1 aliphatic heterocycles. The van der Waals surface area contributed by atoms with Crippen molar-refractivity contribution in [2.24, 2.45) is 0 Å². The molecule has 1 aliphatic rings. The van der Waals surface area contributed by atoms with E-state index in [0.29, 0.717) is 44.7 Å². The first-order chi connectivity index (χ1) is 11.9. The maximum absolute atomic E-state index is 12.2. The minimum absolute atomic E-state index is 0.0645. The molecule has 1 amide bonds. The van der Waals surface area contributed by atoms with Crippen LogP contribution in [0.1, 0.15) is 37.3 Å². The van der Waals surface area contributed by atoms with Crippen molar-refractivity contribution in [3.05, 3.63) is 39.4 Å². The number of amides is 1. The van der Waals surface area contributed by atoms with Gasteiger partial charge in [-0.15, -0.1) is 0 Å². The predicted molar refractivity (Wildman–Crippen MR) is 97.1 cm³/mol. The summed E-state index contributed by atoms with van der Waals surface area (Å²) in [5.74, 6) is 0.120. The zero-order valence-corrected chi connectivity index (χ0v) is 14.8. The summed E-state index contributed by atoms with van der Waals surface area (Å²) in [6.45, 7) is 6.12. The number of ether oxygens (including phenoxy) is 1. The van der Waals surface area contributed by atoms with Gasteiger partial charge in [0.15, 0.2) is 0 Å². The number of benzene rings is 1. The van der Waals surface area contributed by atoms with E-state index >= 15 is 0 Å². The number of nitrogens with two attached hydrogens (primary N) is 1. The standard InChI is InChI=1S/C18H25N3O4/c1-3-25-10-4-5-17(22)20-8-6-14(7-9-20)15-11-13(2)18(19)16(12-15)21(23)24/h6,11-12H,3-5,7-10,19H2,1-2H3. The lowest BCUT2D eigenvalue weighted by atomic mass is 9.96. The van der Waals surface area contributed by atoms with Gasteiger partial charge in [-0.2, -0.15) is 0 Å². The molecule has 0 atom stereocenters. The molecule has 1 aromatic rings. The number of nitro benzene ring substituents is 1. The normalized spacial score (nSPS) is 14.3. The number of hydrogen-bond acceptors (Lipinski definition) is 5. The third-order valence-corrected chi connectivity index (χ3v) is 4.38. The molecule has 0 unspecified atom stereocenters. The summed E-state index contributed by atoms with van der Waals surface area (Å²) in [5.41, 5.74) is 8.45. The SMILES string of the molecule is CCOCCCC(=O)N1CC=C(c2cc(C)c(N)c([N+](=O)[O-])c2)CC1. The summed E-state index contributed by atoms with van der Waals surface area (Å²) in [4.78, 5) is 24.7. The zero-order chi connectivity index (χ0) is 18.4. The highest BCUT2D eigenvalue weighted by Gasteiger charge is 2.21. The van der Waals surface area contributed by atoms with Crippen LogP contribution in [0.25, 0.3) is 5.57 Å². The molecule has 25 heavy (non-hydrogen) atoms. The van der Waals surface area contributed by atoms with E-state index in [2.05, 4.69) is 0 Å². The first-order valence-electron chi connectivity index (χ1n) is 8.53. The molecule has 7 nitrogen and oxygen atoms in total. The predicted octanol–water partition coefficient (Wildman–Crippen LogP) is 2.92. The van der Waals surface area contributed by atoms with Crippen LogP contribution in [0, 0.1) is 17.0 Å². The number of carbonyl (C=O) groups is 1. The van der Waals surface area contributed by atoms with Crippen LogP contribution in [0.15, 0.2) is 18.2 Å². The van der Waals surface area contributed by atoms with Crippen LogP contribution < -0.4 is 5.73 Å². The van der Waals surface area contributed by atoms with Gasteiger partial charge in [0.2, 0.25) is 5.91 Å². The second kappa shape index (κ2) is 8.62. The molecular weight excluding hydrogens is 322 g/mol. The summed E-state index contributed by atoms with van der Waals surface area (Å²) in [6.07, 6.45) is 3.86. The van der Waals surface area contributed by atoms with Crippen LogP contribution in [-0.4, -0.2) is 42.0 Å². The molecule has 136 valence electrons. The first-order valence-corrected chi connectivity index (χ1v) is 8.53. The molecule has 2 rings (SSSR count). The Morgan fingerprint density at radius 1 is 1.44 bits per heavy atom. The number of aryl methyl sites for hydroxylation is 1. The number of carbonyl (C=O) groups excluding carboxylic acids is 1. The number of nitrogen functional groups attached to an aromatic ring is 1. The van der Waals surface area contributed by atoms with Gasteiger partial charge >= 0.3 is 0 Å². The van der Waals surface area contributed by atoms with E-state index in [0.717, 1.165) is 17.6 Å². The fourth-order valence-electron chi connectivity index (χ4n) is 2.90. The first kappa shape index (κ1) is 18.9. The van der Waals surface area contributed by atoms with Crippen molar-refractivity contribution >= 4 is 22.9 Å². The van der Waals surface area contributed by atoms with E-state index in [9.17, 15) is 14.9 Å². The maximum atomic E-state index is 12.2. The van der Waals surface area contributed by atoms with Gasteiger partial charge in [0.25, 0.3) is 5.69 Å². The van der Waals surface area contributed by atoms with Gasteiger partial charge in [-0.3, -0.25) is 14.9 Å². The van der Waals surface area contributed by atoms with E-state index in [1.807, 2.05) is 24.0 Å². The Labute approximate surface area is 147 Å². The lowest BCUT2D eigenvalue weighted by molar-refractivity contribution is -0.383. The topological polar surface area (TPSA) is 98.7 Å². The number of hydrogen-bond donors (Lipinski definition) is 1. The van der Waals surface area contributed by atoms with Crippen LogP contribution in [-0.2, 0) is 9.53 Å². The Morgan fingerprint density at radius 3 is 2.80 bits per heavy atom. The molecule has 0 saturated carbocycles. The van der Waals surface area contributed by atoms with Gasteiger partial charge in [0, 0.05) is 38.8 Å². The van der Waals surface area contributed by atoms with Crippen molar-refractivity contribution in [3.8, 4) is 0 Å². The molecule has 0 bridgehead atoms. The average molecular weight is 347 g/mol. The molecule has 0 radical (unpaired) electrons. The third kappa shape index (κ3) is 4.79. The fraction of sp³-hybridized carbons (Fsp3) is 0.500. The van der Waals surface area contributed by atoms with Crippen molar-refractivity contribution < 1.29 is 14.5 Å². The van der Waals surface area contributed by atoms with E-state index in [4.69, 9.17) is 10.5 Å². The van der Waals surface area contributed by atoms with Crippen LogP contribution >= 0.6 is 0 Å².